The molecule has 0 saturated carbocycles. The molecule has 7 nitrogen and oxygen atoms in total. The zero-order valence-electron chi connectivity index (χ0n) is 19.1. The Morgan fingerprint density at radius 2 is 1.94 bits per heavy atom. The molecule has 1 fully saturated rings. The van der Waals surface area contributed by atoms with Crippen molar-refractivity contribution in [3.63, 3.8) is 0 Å². The lowest BCUT2D eigenvalue weighted by Crippen LogP contribution is -2.52. The number of hydrogen-bond acceptors (Lipinski definition) is 4. The van der Waals surface area contributed by atoms with Gasteiger partial charge in [0.1, 0.15) is 17.6 Å². The van der Waals surface area contributed by atoms with Crippen molar-refractivity contribution in [3.05, 3.63) is 53.1 Å². The standard InChI is InChI=1S/C25H30ClN3O4/c1-3-32-22-7-5-4-6-19(22)15-27-24(30)18-10-12-28(13-11-18)25(31)29-16-17(2)33-23-9-8-20(26)14-21(23)29/h4-9,14,17-18H,3,10-13,15-16H2,1-2H3,(H,27,30). The Hall–Kier alpha value is -2.93. The minimum atomic E-state index is -0.112. The normalized spacial score (nSPS) is 18.3. The number of likely N-dealkylation sites (tertiary alicyclic amines) is 1. The Kier molecular flexibility index (Phi) is 7.28. The lowest BCUT2D eigenvalue weighted by Gasteiger charge is -2.39. The smallest absolute Gasteiger partial charge is 0.324 e. The topological polar surface area (TPSA) is 71.1 Å². The number of nitrogens with zero attached hydrogens (tertiary/aromatic N) is 2. The average molecular weight is 472 g/mol. The van der Waals surface area contributed by atoms with Gasteiger partial charge < -0.3 is 19.7 Å². The third kappa shape index (κ3) is 5.36. The van der Waals surface area contributed by atoms with Crippen LogP contribution in [0.3, 0.4) is 0 Å². The second-order valence-corrected chi connectivity index (χ2v) is 8.89. The Balaban J connectivity index is 1.33. The molecule has 8 heteroatoms. The first kappa shape index (κ1) is 23.2. The number of fused-ring (bicyclic) bond motifs is 1. The first-order valence-electron chi connectivity index (χ1n) is 11.5. The zero-order chi connectivity index (χ0) is 23.4. The minimum Gasteiger partial charge on any atom is -0.494 e. The van der Waals surface area contributed by atoms with Gasteiger partial charge in [-0.05, 0) is 51.0 Å². The molecule has 2 heterocycles. The van der Waals surface area contributed by atoms with E-state index >= 15 is 0 Å². The minimum absolute atomic E-state index is 0.0190. The molecule has 3 amide bonds. The van der Waals surface area contributed by atoms with E-state index in [0.29, 0.717) is 62.1 Å². The van der Waals surface area contributed by atoms with Gasteiger partial charge in [0.2, 0.25) is 5.91 Å². The number of amides is 3. The number of halogens is 1. The fraction of sp³-hybridized carbons (Fsp3) is 0.440. The fourth-order valence-electron chi connectivity index (χ4n) is 4.37. The number of hydrogen-bond donors (Lipinski definition) is 1. The van der Waals surface area contributed by atoms with Crippen molar-refractivity contribution in [2.75, 3.05) is 31.1 Å². The number of rotatable bonds is 5. The molecule has 2 aromatic carbocycles. The summed E-state index contributed by atoms with van der Waals surface area (Å²) in [7, 11) is 0. The fourth-order valence-corrected chi connectivity index (χ4v) is 4.53. The summed E-state index contributed by atoms with van der Waals surface area (Å²) in [5, 5.41) is 3.60. The van der Waals surface area contributed by atoms with Gasteiger partial charge >= 0.3 is 6.03 Å². The molecule has 2 aliphatic heterocycles. The highest BCUT2D eigenvalue weighted by molar-refractivity contribution is 6.31. The van der Waals surface area contributed by atoms with Gasteiger partial charge in [0.05, 0.1) is 18.8 Å². The van der Waals surface area contributed by atoms with Crippen LogP contribution in [-0.4, -0.2) is 49.2 Å². The van der Waals surface area contributed by atoms with Crippen molar-refractivity contribution in [2.45, 2.75) is 39.3 Å². The highest BCUT2D eigenvalue weighted by Crippen LogP contribution is 2.36. The van der Waals surface area contributed by atoms with Crippen molar-refractivity contribution < 1.29 is 19.1 Å². The Morgan fingerprint density at radius 1 is 1.18 bits per heavy atom. The highest BCUT2D eigenvalue weighted by atomic mass is 35.5. The summed E-state index contributed by atoms with van der Waals surface area (Å²) in [6.07, 6.45) is 1.16. The van der Waals surface area contributed by atoms with E-state index in [0.717, 1.165) is 11.3 Å². The van der Waals surface area contributed by atoms with Crippen LogP contribution in [0.4, 0.5) is 10.5 Å². The number of ether oxygens (including phenoxy) is 2. The van der Waals surface area contributed by atoms with Crippen LogP contribution in [0.5, 0.6) is 11.5 Å². The lowest BCUT2D eigenvalue weighted by molar-refractivity contribution is -0.126. The number of para-hydroxylation sites is 1. The van der Waals surface area contributed by atoms with Gasteiger partial charge in [-0.2, -0.15) is 0 Å². The van der Waals surface area contributed by atoms with Gasteiger partial charge in [-0.3, -0.25) is 9.69 Å². The molecule has 176 valence electrons. The number of anilines is 1. The van der Waals surface area contributed by atoms with Gasteiger partial charge in [-0.15, -0.1) is 0 Å². The predicted octanol–water partition coefficient (Wildman–Crippen LogP) is 4.47. The highest BCUT2D eigenvalue weighted by Gasteiger charge is 2.34. The van der Waals surface area contributed by atoms with E-state index in [1.54, 1.807) is 23.1 Å². The summed E-state index contributed by atoms with van der Waals surface area (Å²) in [5.41, 5.74) is 1.65. The molecule has 33 heavy (non-hydrogen) atoms. The van der Waals surface area contributed by atoms with Gasteiger partial charge in [-0.1, -0.05) is 29.8 Å². The number of nitrogens with one attached hydrogen (secondary N) is 1. The van der Waals surface area contributed by atoms with E-state index in [-0.39, 0.29) is 24.0 Å². The molecular formula is C25H30ClN3O4. The van der Waals surface area contributed by atoms with E-state index in [4.69, 9.17) is 21.1 Å². The SMILES string of the molecule is CCOc1ccccc1CNC(=O)C1CCN(C(=O)N2CC(C)Oc3ccc(Cl)cc32)CC1. The molecule has 0 spiro atoms. The molecule has 0 aromatic heterocycles. The summed E-state index contributed by atoms with van der Waals surface area (Å²) in [5.74, 6) is 1.36. The first-order chi connectivity index (χ1) is 16.0. The van der Waals surface area contributed by atoms with Crippen LogP contribution in [-0.2, 0) is 11.3 Å². The molecule has 4 rings (SSSR count). The summed E-state index contributed by atoms with van der Waals surface area (Å²) in [6, 6.07) is 13.0. The summed E-state index contributed by atoms with van der Waals surface area (Å²) in [4.78, 5) is 29.6. The summed E-state index contributed by atoms with van der Waals surface area (Å²) < 4.78 is 11.5. The zero-order valence-corrected chi connectivity index (χ0v) is 19.8. The van der Waals surface area contributed by atoms with E-state index in [9.17, 15) is 9.59 Å². The van der Waals surface area contributed by atoms with Gasteiger partial charge in [0, 0.05) is 36.1 Å². The van der Waals surface area contributed by atoms with Crippen molar-refractivity contribution in [3.8, 4) is 11.5 Å². The monoisotopic (exact) mass is 471 g/mol. The summed E-state index contributed by atoms with van der Waals surface area (Å²) in [6.45, 7) is 6.43. The van der Waals surface area contributed by atoms with E-state index < -0.39 is 0 Å². The largest absolute Gasteiger partial charge is 0.494 e. The molecule has 1 atom stereocenters. The molecule has 2 aliphatic rings. The third-order valence-electron chi connectivity index (χ3n) is 6.07. The molecule has 0 aliphatic carbocycles. The van der Waals surface area contributed by atoms with Crippen LogP contribution in [0.15, 0.2) is 42.5 Å². The van der Waals surface area contributed by atoms with Crippen molar-refractivity contribution in [1.29, 1.82) is 0 Å². The number of carbonyl (C=O) groups excluding carboxylic acids is 2. The maximum Gasteiger partial charge on any atom is 0.324 e. The maximum atomic E-state index is 13.3. The predicted molar refractivity (Wildman–Crippen MR) is 128 cm³/mol. The second-order valence-electron chi connectivity index (χ2n) is 8.45. The van der Waals surface area contributed by atoms with E-state index in [1.807, 2.05) is 43.0 Å². The van der Waals surface area contributed by atoms with Crippen LogP contribution in [0.1, 0.15) is 32.3 Å². The average Bonchev–Trinajstić information content (AvgIpc) is 2.83. The van der Waals surface area contributed by atoms with Gasteiger partial charge in [-0.25, -0.2) is 4.79 Å². The Bertz CT molecular complexity index is 1010. The summed E-state index contributed by atoms with van der Waals surface area (Å²) >= 11 is 6.16. The van der Waals surface area contributed by atoms with E-state index in [1.165, 1.54) is 0 Å². The molecular weight excluding hydrogens is 442 g/mol. The Morgan fingerprint density at radius 3 is 2.70 bits per heavy atom. The van der Waals surface area contributed by atoms with Crippen molar-refractivity contribution >= 4 is 29.2 Å². The number of benzene rings is 2. The first-order valence-corrected chi connectivity index (χ1v) is 11.8. The van der Waals surface area contributed by atoms with Crippen LogP contribution >= 0.6 is 11.6 Å². The third-order valence-corrected chi connectivity index (χ3v) is 6.31. The molecule has 1 unspecified atom stereocenters. The molecule has 2 aromatic rings. The van der Waals surface area contributed by atoms with Gasteiger partial charge in [0.25, 0.3) is 0 Å². The molecule has 0 radical (unpaired) electrons. The molecule has 0 bridgehead atoms. The van der Waals surface area contributed by atoms with Crippen molar-refractivity contribution in [2.24, 2.45) is 5.92 Å². The number of piperidine rings is 1. The number of carbonyl (C=O) groups is 2. The van der Waals surface area contributed by atoms with Crippen LogP contribution in [0, 0.1) is 5.92 Å². The lowest BCUT2D eigenvalue weighted by atomic mass is 9.96. The maximum absolute atomic E-state index is 13.3. The van der Waals surface area contributed by atoms with Crippen LogP contribution in [0.25, 0.3) is 0 Å². The van der Waals surface area contributed by atoms with Crippen molar-refractivity contribution in [1.82, 2.24) is 10.2 Å². The second kappa shape index (κ2) is 10.3. The molecule has 1 saturated heterocycles. The van der Waals surface area contributed by atoms with Crippen LogP contribution < -0.4 is 19.7 Å². The number of urea groups is 1. The quantitative estimate of drug-likeness (QED) is 0.698. The van der Waals surface area contributed by atoms with E-state index in [2.05, 4.69) is 5.32 Å². The molecule has 1 N–H and O–H groups in total. The van der Waals surface area contributed by atoms with Crippen LogP contribution in [0.2, 0.25) is 5.02 Å². The van der Waals surface area contributed by atoms with Gasteiger partial charge in [0.15, 0.2) is 0 Å². The Labute approximate surface area is 199 Å².